The Hall–Kier alpha value is -0.450. The summed E-state index contributed by atoms with van der Waals surface area (Å²) in [6.07, 6.45) is 1.20. The van der Waals surface area contributed by atoms with Gasteiger partial charge >= 0.3 is 0 Å². The van der Waals surface area contributed by atoms with Crippen molar-refractivity contribution in [3.8, 4) is 0 Å². The minimum Gasteiger partial charge on any atom is -0.315 e. The summed E-state index contributed by atoms with van der Waals surface area (Å²) in [4.78, 5) is 6.76. The highest BCUT2D eigenvalue weighted by Crippen LogP contribution is 2.10. The molecule has 0 atom stereocenters. The van der Waals surface area contributed by atoms with Gasteiger partial charge in [0.2, 0.25) is 0 Å². The molecule has 0 radical (unpaired) electrons. The van der Waals surface area contributed by atoms with Crippen LogP contribution in [0.15, 0.2) is 5.38 Å². The summed E-state index contributed by atoms with van der Waals surface area (Å²) in [6.45, 7) is 8.46. The summed E-state index contributed by atoms with van der Waals surface area (Å²) in [5.41, 5.74) is 1.13. The lowest BCUT2D eigenvalue weighted by atomic mass is 10.4. The number of nitrogens with zero attached hydrogens (tertiary/aromatic N) is 2. The van der Waals surface area contributed by atoms with Gasteiger partial charge in [-0.2, -0.15) is 0 Å². The zero-order valence-corrected chi connectivity index (χ0v) is 10.7. The number of aromatic nitrogens is 1. The predicted octanol–water partition coefficient (Wildman–Crippen LogP) is 1.88. The van der Waals surface area contributed by atoms with Crippen LogP contribution < -0.4 is 5.32 Å². The van der Waals surface area contributed by atoms with Crippen molar-refractivity contribution in [2.75, 3.05) is 26.7 Å². The molecule has 1 aromatic rings. The van der Waals surface area contributed by atoms with Crippen LogP contribution in [0.2, 0.25) is 0 Å². The number of nitrogens with one attached hydrogen (secondary N) is 1. The summed E-state index contributed by atoms with van der Waals surface area (Å²) in [7, 11) is 2.14. The fraction of sp³-hybridized carbons (Fsp3) is 0.727. The number of likely N-dealkylation sites (N-methyl/N-ethyl adjacent to an activating group) is 1. The van der Waals surface area contributed by atoms with E-state index in [1.54, 1.807) is 11.3 Å². The predicted molar refractivity (Wildman–Crippen MR) is 66.3 cm³/mol. The first kappa shape index (κ1) is 12.6. The van der Waals surface area contributed by atoms with E-state index in [9.17, 15) is 0 Å². The van der Waals surface area contributed by atoms with Crippen LogP contribution >= 0.6 is 11.3 Å². The van der Waals surface area contributed by atoms with Gasteiger partial charge in [-0.15, -0.1) is 11.3 Å². The Morgan fingerprint density at radius 3 is 2.87 bits per heavy atom. The molecule has 3 nitrogen and oxygen atoms in total. The molecule has 1 aromatic heterocycles. The van der Waals surface area contributed by atoms with Crippen molar-refractivity contribution >= 4 is 11.3 Å². The Balaban J connectivity index is 2.15. The van der Waals surface area contributed by atoms with Gasteiger partial charge in [0.15, 0.2) is 0 Å². The molecule has 15 heavy (non-hydrogen) atoms. The quantitative estimate of drug-likeness (QED) is 0.721. The minimum absolute atomic E-state index is 0.965. The van der Waals surface area contributed by atoms with E-state index in [0.29, 0.717) is 0 Å². The van der Waals surface area contributed by atoms with Gasteiger partial charge in [-0.3, -0.25) is 4.90 Å². The monoisotopic (exact) mass is 227 g/mol. The van der Waals surface area contributed by atoms with Gasteiger partial charge in [0, 0.05) is 24.2 Å². The Morgan fingerprint density at radius 2 is 2.27 bits per heavy atom. The molecule has 0 unspecified atom stereocenters. The molecule has 86 valence electrons. The second-order valence-electron chi connectivity index (χ2n) is 3.87. The first-order valence-electron chi connectivity index (χ1n) is 5.52. The molecule has 0 aromatic carbocycles. The molecule has 4 heteroatoms. The maximum Gasteiger partial charge on any atom is 0.107 e. The largest absolute Gasteiger partial charge is 0.315 e. The molecule has 0 spiro atoms. The number of thiazole rings is 1. The fourth-order valence-corrected chi connectivity index (χ4v) is 2.21. The van der Waals surface area contributed by atoms with E-state index in [1.165, 1.54) is 11.4 Å². The number of hydrogen-bond donors (Lipinski definition) is 1. The SMILES string of the molecule is CCCNCCN(C)Cc1nc(C)cs1. The van der Waals surface area contributed by atoms with E-state index in [0.717, 1.165) is 31.9 Å². The maximum atomic E-state index is 4.45. The lowest BCUT2D eigenvalue weighted by Crippen LogP contribution is -2.29. The van der Waals surface area contributed by atoms with Crippen molar-refractivity contribution in [1.29, 1.82) is 0 Å². The lowest BCUT2D eigenvalue weighted by molar-refractivity contribution is 0.324. The second kappa shape index (κ2) is 6.93. The molecule has 1 heterocycles. The third kappa shape index (κ3) is 5.25. The van der Waals surface area contributed by atoms with Crippen LogP contribution in [-0.2, 0) is 6.54 Å². The molecule has 0 aliphatic carbocycles. The van der Waals surface area contributed by atoms with Crippen molar-refractivity contribution in [3.05, 3.63) is 16.1 Å². The first-order valence-corrected chi connectivity index (χ1v) is 6.40. The van der Waals surface area contributed by atoms with Gasteiger partial charge in [0.1, 0.15) is 5.01 Å². The molecule has 0 fully saturated rings. The first-order chi connectivity index (χ1) is 7.22. The van der Waals surface area contributed by atoms with Gasteiger partial charge in [0.05, 0.1) is 6.54 Å². The Labute approximate surface area is 96.5 Å². The molecule has 0 amide bonds. The Bertz CT molecular complexity index is 273. The molecule has 1 N–H and O–H groups in total. The van der Waals surface area contributed by atoms with Crippen molar-refractivity contribution in [1.82, 2.24) is 15.2 Å². The molecule has 0 aliphatic heterocycles. The molecule has 0 aliphatic rings. The summed E-state index contributed by atoms with van der Waals surface area (Å²) in [5, 5.41) is 6.72. The fourth-order valence-electron chi connectivity index (χ4n) is 1.36. The van der Waals surface area contributed by atoms with Crippen LogP contribution in [0.3, 0.4) is 0 Å². The normalized spacial score (nSPS) is 11.2. The zero-order valence-electron chi connectivity index (χ0n) is 9.92. The van der Waals surface area contributed by atoms with Crippen molar-refractivity contribution in [2.45, 2.75) is 26.8 Å². The number of aryl methyl sites for hydroxylation is 1. The molecule has 0 bridgehead atoms. The van der Waals surface area contributed by atoms with Crippen molar-refractivity contribution in [2.24, 2.45) is 0 Å². The molecular weight excluding hydrogens is 206 g/mol. The van der Waals surface area contributed by atoms with Crippen LogP contribution in [0.25, 0.3) is 0 Å². The second-order valence-corrected chi connectivity index (χ2v) is 4.81. The summed E-state index contributed by atoms with van der Waals surface area (Å²) >= 11 is 1.75. The average Bonchev–Trinajstić information content (AvgIpc) is 2.59. The van der Waals surface area contributed by atoms with Crippen molar-refractivity contribution in [3.63, 3.8) is 0 Å². The molecule has 0 saturated carbocycles. The number of hydrogen-bond acceptors (Lipinski definition) is 4. The van der Waals surface area contributed by atoms with Gasteiger partial charge in [-0.25, -0.2) is 4.98 Å². The topological polar surface area (TPSA) is 28.2 Å². The van der Waals surface area contributed by atoms with Crippen LogP contribution in [0.5, 0.6) is 0 Å². The van der Waals surface area contributed by atoms with E-state index in [-0.39, 0.29) is 0 Å². The third-order valence-corrected chi connectivity index (χ3v) is 3.12. The summed E-state index contributed by atoms with van der Waals surface area (Å²) in [5.74, 6) is 0. The van der Waals surface area contributed by atoms with E-state index >= 15 is 0 Å². The maximum absolute atomic E-state index is 4.45. The lowest BCUT2D eigenvalue weighted by Gasteiger charge is -2.15. The van der Waals surface area contributed by atoms with E-state index in [4.69, 9.17) is 0 Å². The van der Waals surface area contributed by atoms with Gasteiger partial charge in [-0.05, 0) is 26.9 Å². The standard InChI is InChI=1S/C11H21N3S/c1-4-5-12-6-7-14(3)8-11-13-10(2)9-15-11/h9,12H,4-8H2,1-3H3. The summed E-state index contributed by atoms with van der Waals surface area (Å²) < 4.78 is 0. The van der Waals surface area contributed by atoms with E-state index < -0.39 is 0 Å². The van der Waals surface area contributed by atoms with Crippen LogP contribution in [0.4, 0.5) is 0 Å². The molecule has 0 saturated heterocycles. The third-order valence-electron chi connectivity index (χ3n) is 2.17. The van der Waals surface area contributed by atoms with Crippen LogP contribution in [-0.4, -0.2) is 36.6 Å². The van der Waals surface area contributed by atoms with Crippen LogP contribution in [0.1, 0.15) is 24.0 Å². The number of rotatable bonds is 7. The van der Waals surface area contributed by atoms with Crippen LogP contribution in [0, 0.1) is 6.92 Å². The van der Waals surface area contributed by atoms with E-state index in [1.807, 2.05) is 6.92 Å². The highest BCUT2D eigenvalue weighted by molar-refractivity contribution is 7.09. The van der Waals surface area contributed by atoms with Gasteiger partial charge in [0.25, 0.3) is 0 Å². The Kier molecular flexibility index (Phi) is 5.83. The van der Waals surface area contributed by atoms with E-state index in [2.05, 4.69) is 34.6 Å². The highest BCUT2D eigenvalue weighted by atomic mass is 32.1. The zero-order chi connectivity index (χ0) is 11.1. The minimum atomic E-state index is 0.965. The molecule has 1 rings (SSSR count). The summed E-state index contributed by atoms with van der Waals surface area (Å²) in [6, 6.07) is 0. The van der Waals surface area contributed by atoms with Gasteiger partial charge < -0.3 is 5.32 Å². The smallest absolute Gasteiger partial charge is 0.107 e. The average molecular weight is 227 g/mol. The molecular formula is C11H21N3S. The highest BCUT2D eigenvalue weighted by Gasteiger charge is 2.02. The van der Waals surface area contributed by atoms with Crippen molar-refractivity contribution < 1.29 is 0 Å². The van der Waals surface area contributed by atoms with Gasteiger partial charge in [-0.1, -0.05) is 6.92 Å². The Morgan fingerprint density at radius 1 is 1.47 bits per heavy atom.